The van der Waals surface area contributed by atoms with Gasteiger partial charge in [0, 0.05) is 32.2 Å². The van der Waals surface area contributed by atoms with Crippen molar-refractivity contribution in [2.75, 3.05) is 26.2 Å². The standard InChI is InChI=1S/C12H15F2N3O3/c13-12(14)11(16-5-3-15-4-6-16)8-1-2-10(18)9(7-8)17(19)20/h1-2,7,11-12,15,18H,3-6H2/t11-/m0/s1. The van der Waals surface area contributed by atoms with E-state index in [0.717, 1.165) is 12.1 Å². The molecule has 1 aromatic rings. The number of nitrogens with zero attached hydrogens (tertiary/aromatic N) is 2. The smallest absolute Gasteiger partial charge is 0.311 e. The summed E-state index contributed by atoms with van der Waals surface area (Å²) < 4.78 is 26.6. The van der Waals surface area contributed by atoms with E-state index in [1.54, 1.807) is 4.90 Å². The number of nitro benzene ring substituents is 1. The van der Waals surface area contributed by atoms with Crippen LogP contribution in [-0.4, -0.2) is 47.5 Å². The van der Waals surface area contributed by atoms with Crippen molar-refractivity contribution >= 4 is 5.69 Å². The van der Waals surface area contributed by atoms with E-state index in [0.29, 0.717) is 26.2 Å². The summed E-state index contributed by atoms with van der Waals surface area (Å²) in [6.07, 6.45) is -2.66. The van der Waals surface area contributed by atoms with Crippen LogP contribution in [0.2, 0.25) is 0 Å². The molecular weight excluding hydrogens is 272 g/mol. The summed E-state index contributed by atoms with van der Waals surface area (Å²) in [6.45, 7) is 2.10. The Morgan fingerprint density at radius 2 is 2.00 bits per heavy atom. The Labute approximate surface area is 114 Å². The van der Waals surface area contributed by atoms with Crippen LogP contribution in [-0.2, 0) is 0 Å². The number of aromatic hydroxyl groups is 1. The van der Waals surface area contributed by atoms with Gasteiger partial charge in [-0.15, -0.1) is 0 Å². The molecule has 0 aromatic heterocycles. The van der Waals surface area contributed by atoms with Crippen molar-refractivity contribution < 1.29 is 18.8 Å². The maximum absolute atomic E-state index is 13.3. The number of alkyl halides is 2. The molecule has 0 unspecified atom stereocenters. The van der Waals surface area contributed by atoms with Gasteiger partial charge in [0.2, 0.25) is 0 Å². The molecule has 1 heterocycles. The lowest BCUT2D eigenvalue weighted by Crippen LogP contribution is -2.46. The largest absolute Gasteiger partial charge is 0.502 e. The molecule has 1 atom stereocenters. The van der Waals surface area contributed by atoms with Gasteiger partial charge in [0.25, 0.3) is 6.43 Å². The van der Waals surface area contributed by atoms with Gasteiger partial charge in [-0.25, -0.2) is 8.78 Å². The van der Waals surface area contributed by atoms with Gasteiger partial charge < -0.3 is 10.4 Å². The van der Waals surface area contributed by atoms with Gasteiger partial charge in [0.15, 0.2) is 5.75 Å². The number of phenols is 1. The highest BCUT2D eigenvalue weighted by atomic mass is 19.3. The molecule has 1 saturated heterocycles. The van der Waals surface area contributed by atoms with E-state index in [9.17, 15) is 24.0 Å². The summed E-state index contributed by atoms with van der Waals surface area (Å²) in [5.41, 5.74) is -0.408. The highest BCUT2D eigenvalue weighted by Gasteiger charge is 2.31. The van der Waals surface area contributed by atoms with E-state index in [-0.39, 0.29) is 5.56 Å². The van der Waals surface area contributed by atoms with Crippen LogP contribution >= 0.6 is 0 Å². The zero-order valence-electron chi connectivity index (χ0n) is 10.6. The van der Waals surface area contributed by atoms with Crippen molar-refractivity contribution in [3.8, 4) is 5.75 Å². The normalized spacial score (nSPS) is 18.1. The molecule has 1 fully saturated rings. The third kappa shape index (κ3) is 3.02. The summed E-state index contributed by atoms with van der Waals surface area (Å²) in [7, 11) is 0. The van der Waals surface area contributed by atoms with Gasteiger partial charge >= 0.3 is 5.69 Å². The van der Waals surface area contributed by atoms with E-state index < -0.39 is 28.8 Å². The van der Waals surface area contributed by atoms with E-state index >= 15 is 0 Å². The molecule has 20 heavy (non-hydrogen) atoms. The maximum Gasteiger partial charge on any atom is 0.311 e. The minimum Gasteiger partial charge on any atom is -0.502 e. The number of benzene rings is 1. The number of rotatable bonds is 4. The Hall–Kier alpha value is -1.80. The van der Waals surface area contributed by atoms with Gasteiger partial charge in [-0.05, 0) is 11.6 Å². The van der Waals surface area contributed by atoms with Crippen LogP contribution in [0.5, 0.6) is 5.75 Å². The van der Waals surface area contributed by atoms with Crippen molar-refractivity contribution in [2.24, 2.45) is 0 Å². The van der Waals surface area contributed by atoms with Crippen LogP contribution in [0.15, 0.2) is 18.2 Å². The Morgan fingerprint density at radius 1 is 1.35 bits per heavy atom. The second-order valence-corrected chi connectivity index (χ2v) is 4.57. The lowest BCUT2D eigenvalue weighted by Gasteiger charge is -2.34. The summed E-state index contributed by atoms with van der Waals surface area (Å²) in [5, 5.41) is 23.2. The van der Waals surface area contributed by atoms with Crippen LogP contribution < -0.4 is 5.32 Å². The number of halogens is 2. The lowest BCUT2D eigenvalue weighted by atomic mass is 10.0. The quantitative estimate of drug-likeness (QED) is 0.648. The summed E-state index contributed by atoms with van der Waals surface area (Å²) in [4.78, 5) is 11.6. The Bertz CT molecular complexity index is 493. The fourth-order valence-corrected chi connectivity index (χ4v) is 2.35. The molecule has 8 heteroatoms. The first kappa shape index (κ1) is 14.6. The number of nitrogens with one attached hydrogen (secondary N) is 1. The maximum atomic E-state index is 13.3. The number of piperazine rings is 1. The number of hydrogen-bond donors (Lipinski definition) is 2. The molecule has 0 bridgehead atoms. The summed E-state index contributed by atoms with van der Waals surface area (Å²) in [6, 6.07) is 2.22. The van der Waals surface area contributed by atoms with Crippen molar-refractivity contribution in [2.45, 2.75) is 12.5 Å². The molecule has 1 aliphatic rings. The van der Waals surface area contributed by atoms with Crippen molar-refractivity contribution in [3.05, 3.63) is 33.9 Å². The van der Waals surface area contributed by atoms with E-state index in [1.807, 2.05) is 0 Å². The van der Waals surface area contributed by atoms with Gasteiger partial charge in [0.05, 0.1) is 11.0 Å². The van der Waals surface area contributed by atoms with Gasteiger partial charge in [-0.1, -0.05) is 6.07 Å². The molecule has 0 amide bonds. The molecule has 6 nitrogen and oxygen atoms in total. The third-order valence-corrected chi connectivity index (χ3v) is 3.32. The zero-order valence-corrected chi connectivity index (χ0v) is 10.6. The first-order valence-corrected chi connectivity index (χ1v) is 6.21. The minimum atomic E-state index is -2.66. The monoisotopic (exact) mass is 287 g/mol. The highest BCUT2D eigenvalue weighted by molar-refractivity contribution is 5.48. The van der Waals surface area contributed by atoms with Gasteiger partial charge in [-0.2, -0.15) is 0 Å². The fourth-order valence-electron chi connectivity index (χ4n) is 2.35. The first-order chi connectivity index (χ1) is 9.50. The topological polar surface area (TPSA) is 78.6 Å². The van der Waals surface area contributed by atoms with Crippen LogP contribution in [0.1, 0.15) is 11.6 Å². The number of hydrogen-bond acceptors (Lipinski definition) is 5. The summed E-state index contributed by atoms with van der Waals surface area (Å²) >= 11 is 0. The Kier molecular flexibility index (Phi) is 4.46. The van der Waals surface area contributed by atoms with Gasteiger partial charge in [-0.3, -0.25) is 15.0 Å². The van der Waals surface area contributed by atoms with Crippen LogP contribution in [0.4, 0.5) is 14.5 Å². The molecule has 110 valence electrons. The Morgan fingerprint density at radius 3 is 2.55 bits per heavy atom. The molecule has 2 rings (SSSR count). The molecule has 0 radical (unpaired) electrons. The predicted octanol–water partition coefficient (Wildman–Crippen LogP) is 1.51. The van der Waals surface area contributed by atoms with E-state index in [2.05, 4.69) is 5.32 Å². The SMILES string of the molecule is O=[N+]([O-])c1cc([C@@H](C(F)F)N2CCNCC2)ccc1O. The fraction of sp³-hybridized carbons (Fsp3) is 0.500. The molecule has 0 aliphatic carbocycles. The first-order valence-electron chi connectivity index (χ1n) is 6.21. The van der Waals surface area contributed by atoms with E-state index in [4.69, 9.17) is 0 Å². The minimum absolute atomic E-state index is 0.145. The molecule has 0 saturated carbocycles. The molecular formula is C12H15F2N3O3. The third-order valence-electron chi connectivity index (χ3n) is 3.32. The lowest BCUT2D eigenvalue weighted by molar-refractivity contribution is -0.386. The number of nitro groups is 1. The predicted molar refractivity (Wildman–Crippen MR) is 67.9 cm³/mol. The highest BCUT2D eigenvalue weighted by Crippen LogP contribution is 2.34. The van der Waals surface area contributed by atoms with Gasteiger partial charge in [0.1, 0.15) is 0 Å². The zero-order chi connectivity index (χ0) is 14.7. The molecule has 0 spiro atoms. The average Bonchev–Trinajstić information content (AvgIpc) is 2.41. The van der Waals surface area contributed by atoms with Crippen LogP contribution in [0, 0.1) is 10.1 Å². The van der Waals surface area contributed by atoms with Crippen molar-refractivity contribution in [1.29, 1.82) is 0 Å². The van der Waals surface area contributed by atoms with Crippen LogP contribution in [0.25, 0.3) is 0 Å². The number of phenolic OH excluding ortho intramolecular Hbond substituents is 1. The van der Waals surface area contributed by atoms with Crippen molar-refractivity contribution in [3.63, 3.8) is 0 Å². The second-order valence-electron chi connectivity index (χ2n) is 4.57. The van der Waals surface area contributed by atoms with Crippen LogP contribution in [0.3, 0.4) is 0 Å². The van der Waals surface area contributed by atoms with E-state index in [1.165, 1.54) is 6.07 Å². The average molecular weight is 287 g/mol. The summed E-state index contributed by atoms with van der Waals surface area (Å²) in [5.74, 6) is -0.521. The molecule has 2 N–H and O–H groups in total. The Balaban J connectivity index is 2.33. The second kappa shape index (κ2) is 6.10. The van der Waals surface area contributed by atoms with Crippen molar-refractivity contribution in [1.82, 2.24) is 10.2 Å². The molecule has 1 aliphatic heterocycles. The molecule has 1 aromatic carbocycles.